The molecule has 2 aliphatic rings. The second kappa shape index (κ2) is 13.2. The zero-order valence-electron chi connectivity index (χ0n) is 27.6. The lowest BCUT2D eigenvalue weighted by molar-refractivity contribution is -0.136. The van der Waals surface area contributed by atoms with Gasteiger partial charge in [-0.25, -0.2) is 8.42 Å². The highest BCUT2D eigenvalue weighted by Gasteiger charge is 2.42. The molecule has 1 N–H and O–H groups in total. The van der Waals surface area contributed by atoms with Crippen molar-refractivity contribution in [3.63, 3.8) is 0 Å². The topological polar surface area (TPSA) is 89.9 Å². The van der Waals surface area contributed by atoms with Gasteiger partial charge in [-0.2, -0.15) is 0 Å². The fraction of sp³-hybridized carbons (Fsp3) is 0.606. The number of aliphatic carboxylic acids is 1. The van der Waals surface area contributed by atoms with Crippen molar-refractivity contribution < 1.29 is 27.2 Å². The normalized spacial score (nSPS) is 19.0. The maximum atomic E-state index is 12.3. The van der Waals surface area contributed by atoms with Crippen molar-refractivity contribution in [1.82, 2.24) is 0 Å². The second-order valence-corrected chi connectivity index (χ2v) is 27.5. The molecule has 6 nitrogen and oxygen atoms in total. The predicted octanol–water partition coefficient (Wildman–Crippen LogP) is 9.40. The Bertz CT molecular complexity index is 1420. The quantitative estimate of drug-likeness (QED) is 0.275. The summed E-state index contributed by atoms with van der Waals surface area (Å²) in [6.07, 6.45) is 3.89. The van der Waals surface area contributed by atoms with Crippen LogP contribution in [-0.2, 0) is 36.3 Å². The Morgan fingerprint density at radius 3 is 1.72 bits per heavy atom. The Kier molecular flexibility index (Phi) is 11.1. The first-order valence-corrected chi connectivity index (χ1v) is 23.5. The Labute approximate surface area is 270 Å². The summed E-state index contributed by atoms with van der Waals surface area (Å²) >= 11 is 3.55. The molecule has 2 aromatic rings. The summed E-state index contributed by atoms with van der Waals surface area (Å²) in [5.41, 5.74) is 4.93. The highest BCUT2D eigenvalue weighted by Crippen LogP contribution is 2.45. The predicted molar refractivity (Wildman–Crippen MR) is 184 cm³/mol. The molecule has 0 saturated heterocycles. The van der Waals surface area contributed by atoms with Gasteiger partial charge in [-0.3, -0.25) is 4.79 Å². The Morgan fingerprint density at radius 2 is 1.28 bits per heavy atom. The van der Waals surface area contributed by atoms with E-state index in [0.29, 0.717) is 6.10 Å². The van der Waals surface area contributed by atoms with Crippen LogP contribution >= 0.6 is 15.9 Å². The van der Waals surface area contributed by atoms with E-state index in [1.165, 1.54) is 15.6 Å². The monoisotopic (exact) mass is 710 g/mol. The van der Waals surface area contributed by atoms with E-state index in [0.717, 1.165) is 36.8 Å². The number of carboxylic acid groups (broad SMARTS) is 1. The van der Waals surface area contributed by atoms with Crippen LogP contribution in [0.2, 0.25) is 36.3 Å². The Balaban J connectivity index is 0.000000248. The summed E-state index contributed by atoms with van der Waals surface area (Å²) in [4.78, 5) is 10.9. The van der Waals surface area contributed by atoms with E-state index in [1.807, 2.05) is 6.07 Å². The lowest BCUT2D eigenvalue weighted by atomic mass is 10.1. The van der Waals surface area contributed by atoms with Gasteiger partial charge in [0.15, 0.2) is 26.5 Å². The molecule has 2 atom stereocenters. The number of benzene rings is 2. The molecule has 10 heteroatoms. The van der Waals surface area contributed by atoms with Gasteiger partial charge >= 0.3 is 5.97 Å². The number of hydrogen-bond acceptors (Lipinski definition) is 5. The van der Waals surface area contributed by atoms with Crippen LogP contribution in [0.1, 0.15) is 95.3 Å². The molecule has 2 aromatic carbocycles. The Hall–Kier alpha value is -1.31. The lowest BCUT2D eigenvalue weighted by Crippen LogP contribution is -2.41. The van der Waals surface area contributed by atoms with Gasteiger partial charge in [0, 0.05) is 4.47 Å². The van der Waals surface area contributed by atoms with Gasteiger partial charge < -0.3 is 14.0 Å². The summed E-state index contributed by atoms with van der Waals surface area (Å²) in [6.45, 7) is 22.6. The van der Waals surface area contributed by atoms with Gasteiger partial charge in [0.2, 0.25) is 0 Å². The number of carbonyl (C=O) groups is 1. The van der Waals surface area contributed by atoms with Gasteiger partial charge in [0.1, 0.15) is 0 Å². The minimum absolute atomic E-state index is 0.0201. The average molecular weight is 712 g/mol. The third-order valence-corrected chi connectivity index (χ3v) is 20.9. The van der Waals surface area contributed by atoms with Crippen molar-refractivity contribution in [2.45, 2.75) is 127 Å². The molecular formula is C33H51BrO6SSi2. The molecular weight excluding hydrogens is 661 g/mol. The van der Waals surface area contributed by atoms with Crippen LogP contribution in [-0.4, -0.2) is 41.9 Å². The zero-order valence-corrected chi connectivity index (χ0v) is 32.0. The maximum Gasteiger partial charge on any atom is 0.304 e. The van der Waals surface area contributed by atoms with Gasteiger partial charge in [-0.05, 0) is 108 Å². The highest BCUT2D eigenvalue weighted by atomic mass is 79.9. The van der Waals surface area contributed by atoms with Crippen molar-refractivity contribution >= 4 is 48.4 Å². The van der Waals surface area contributed by atoms with Crippen molar-refractivity contribution in [2.24, 2.45) is 0 Å². The average Bonchev–Trinajstić information content (AvgIpc) is 3.44. The third kappa shape index (κ3) is 8.91. The first kappa shape index (κ1) is 36.2. The number of sulfone groups is 1. The third-order valence-electron chi connectivity index (χ3n) is 9.69. The number of halogens is 1. The fourth-order valence-corrected chi connectivity index (χ4v) is 9.25. The van der Waals surface area contributed by atoms with Crippen molar-refractivity contribution in [3.8, 4) is 0 Å². The number of rotatable bonds is 8. The molecule has 0 aromatic heterocycles. The van der Waals surface area contributed by atoms with E-state index >= 15 is 0 Å². The minimum Gasteiger partial charge on any atom is -0.481 e. The van der Waals surface area contributed by atoms with Gasteiger partial charge in [0.05, 0.1) is 29.3 Å². The molecule has 0 radical (unpaired) electrons. The van der Waals surface area contributed by atoms with E-state index in [4.69, 9.17) is 14.0 Å². The van der Waals surface area contributed by atoms with E-state index in [9.17, 15) is 13.2 Å². The van der Waals surface area contributed by atoms with Gasteiger partial charge in [0.25, 0.3) is 0 Å². The summed E-state index contributed by atoms with van der Waals surface area (Å²) in [5, 5.41) is 9.11. The van der Waals surface area contributed by atoms with Gasteiger partial charge in [-0.15, -0.1) is 0 Å². The van der Waals surface area contributed by atoms with Crippen LogP contribution in [0, 0.1) is 0 Å². The minimum atomic E-state index is -3.57. The zero-order chi connectivity index (χ0) is 32.6. The number of hydrogen-bond donors (Lipinski definition) is 1. The molecule has 0 bridgehead atoms. The Morgan fingerprint density at radius 1 is 0.837 bits per heavy atom. The molecule has 0 aliphatic heterocycles. The van der Waals surface area contributed by atoms with E-state index < -0.39 is 32.4 Å². The fourth-order valence-electron chi connectivity index (χ4n) is 4.94. The molecule has 0 fully saturated rings. The number of fused-ring (bicyclic) bond motifs is 2. The van der Waals surface area contributed by atoms with Crippen LogP contribution in [0.15, 0.2) is 45.8 Å². The largest absolute Gasteiger partial charge is 0.481 e. The second-order valence-electron chi connectivity index (χ2n) is 15.0. The maximum absolute atomic E-state index is 12.3. The van der Waals surface area contributed by atoms with Crippen molar-refractivity contribution in [2.75, 3.05) is 5.75 Å². The molecule has 4 rings (SSSR count). The van der Waals surface area contributed by atoms with Crippen LogP contribution in [0.25, 0.3) is 0 Å². The molecule has 0 spiro atoms. The van der Waals surface area contributed by atoms with Crippen molar-refractivity contribution in [1.29, 1.82) is 0 Å². The van der Waals surface area contributed by atoms with E-state index in [1.54, 1.807) is 12.1 Å². The van der Waals surface area contributed by atoms with Crippen LogP contribution in [0.4, 0.5) is 0 Å². The SMILES string of the molecule is CC(C)(C)[Si](C)(C)OC1CCc2cc(Br)ccc21.CC(C)(C)[Si](C)(C)OC1CCc2cc(S(=O)(=O)CCC(=O)O)ccc21. The van der Waals surface area contributed by atoms with Crippen molar-refractivity contribution in [3.05, 3.63) is 63.1 Å². The highest BCUT2D eigenvalue weighted by molar-refractivity contribution is 9.10. The number of carboxylic acids is 1. The molecule has 2 unspecified atom stereocenters. The molecule has 2 aliphatic carbocycles. The van der Waals surface area contributed by atoms with E-state index in [-0.39, 0.29) is 33.2 Å². The van der Waals surface area contributed by atoms with Crippen LogP contribution in [0.3, 0.4) is 0 Å². The molecule has 0 amide bonds. The lowest BCUT2D eigenvalue weighted by Gasteiger charge is -2.38. The first-order chi connectivity index (χ1) is 19.5. The molecule has 240 valence electrons. The molecule has 0 heterocycles. The van der Waals surface area contributed by atoms with Crippen LogP contribution in [0.5, 0.6) is 0 Å². The van der Waals surface area contributed by atoms with Crippen LogP contribution < -0.4 is 0 Å². The summed E-state index contributed by atoms with van der Waals surface area (Å²) in [6, 6.07) is 11.7. The summed E-state index contributed by atoms with van der Waals surface area (Å²) in [7, 11) is -7.13. The first-order valence-electron chi connectivity index (χ1n) is 15.3. The molecule has 43 heavy (non-hydrogen) atoms. The number of aryl methyl sites for hydroxylation is 2. The smallest absolute Gasteiger partial charge is 0.304 e. The van der Waals surface area contributed by atoms with Gasteiger partial charge in [-0.1, -0.05) is 69.6 Å². The standard InChI is InChI=1S/C18H28O5SSi.C15H23BrOSi/c1-18(2,3)25(4,5)23-16-9-6-13-12-14(7-8-15(13)16)24(21,22)11-10-17(19)20;1-15(2,3)18(4,5)17-14-9-6-11-10-12(16)7-8-13(11)14/h7-8,12,16H,6,9-11H2,1-5H3,(H,19,20);7-8,10,14H,6,9H2,1-5H3. The summed E-state index contributed by atoms with van der Waals surface area (Å²) in [5.74, 6) is -1.47. The molecule has 0 saturated carbocycles. The van der Waals surface area contributed by atoms with E-state index in [2.05, 4.69) is 102 Å². The summed E-state index contributed by atoms with van der Waals surface area (Å²) < 4.78 is 38.8.